The van der Waals surface area contributed by atoms with Gasteiger partial charge in [-0.1, -0.05) is 48.5 Å². The van der Waals surface area contributed by atoms with Gasteiger partial charge in [-0.15, -0.1) is 0 Å². The van der Waals surface area contributed by atoms with Crippen molar-refractivity contribution < 1.29 is 29.0 Å². The molecule has 8 heteroatoms. The van der Waals surface area contributed by atoms with Crippen LogP contribution in [-0.4, -0.2) is 59.5 Å². The average Bonchev–Trinajstić information content (AvgIpc) is 3.35. The molecule has 0 spiro atoms. The maximum absolute atomic E-state index is 12.9. The summed E-state index contributed by atoms with van der Waals surface area (Å²) in [5.41, 5.74) is 3.80. The molecule has 0 unspecified atom stereocenters. The Morgan fingerprint density at radius 3 is 2.18 bits per heavy atom. The third-order valence-corrected chi connectivity index (χ3v) is 6.18. The van der Waals surface area contributed by atoms with Crippen LogP contribution in [0.4, 0.5) is 9.59 Å². The van der Waals surface area contributed by atoms with Gasteiger partial charge < -0.3 is 19.9 Å². The number of benzene rings is 2. The highest BCUT2D eigenvalue weighted by atomic mass is 16.6. The molecule has 1 aliphatic heterocycles. The van der Waals surface area contributed by atoms with Crippen molar-refractivity contribution in [2.24, 2.45) is 5.92 Å². The van der Waals surface area contributed by atoms with Crippen molar-refractivity contribution >= 4 is 18.2 Å². The molecule has 4 rings (SSSR count). The van der Waals surface area contributed by atoms with Crippen LogP contribution >= 0.6 is 0 Å². The van der Waals surface area contributed by atoms with Gasteiger partial charge in [-0.05, 0) is 55.4 Å². The standard InChI is InChI=1S/C26H30N2O6/c1-26(2,3)34-24(31)27-13-16-12-22(23(29)30)28(14-16)25(32)33-15-21-19-10-6-4-8-17(19)18-9-5-7-11-20(18)21/h4-11,16,21-22H,12-15H2,1-3H3,(H,27,31)(H,29,30)/t16-,22+/m1/s1. The Kier molecular flexibility index (Phi) is 6.50. The van der Waals surface area contributed by atoms with E-state index in [0.717, 1.165) is 22.3 Å². The molecule has 1 aliphatic carbocycles. The highest BCUT2D eigenvalue weighted by Gasteiger charge is 2.41. The van der Waals surface area contributed by atoms with Gasteiger partial charge in [0.15, 0.2) is 0 Å². The number of alkyl carbamates (subject to hydrolysis) is 1. The predicted octanol–water partition coefficient (Wildman–Crippen LogP) is 4.24. The fraction of sp³-hybridized carbons (Fsp3) is 0.423. The number of likely N-dealkylation sites (tertiary alicyclic amines) is 1. The van der Waals surface area contributed by atoms with Crippen LogP contribution in [0.3, 0.4) is 0 Å². The number of aliphatic carboxylic acids is 1. The summed E-state index contributed by atoms with van der Waals surface area (Å²) >= 11 is 0. The fourth-order valence-corrected chi connectivity index (χ4v) is 4.73. The number of rotatable bonds is 5. The largest absolute Gasteiger partial charge is 0.480 e. The zero-order valence-electron chi connectivity index (χ0n) is 19.6. The van der Waals surface area contributed by atoms with Crippen molar-refractivity contribution in [2.75, 3.05) is 19.7 Å². The van der Waals surface area contributed by atoms with E-state index in [1.807, 2.05) is 36.4 Å². The van der Waals surface area contributed by atoms with Crippen molar-refractivity contribution in [2.45, 2.75) is 44.8 Å². The summed E-state index contributed by atoms with van der Waals surface area (Å²) in [5, 5.41) is 12.3. The molecule has 2 atom stereocenters. The number of carboxylic acids is 1. The number of amides is 2. The Labute approximate surface area is 198 Å². The van der Waals surface area contributed by atoms with E-state index in [9.17, 15) is 19.5 Å². The molecule has 180 valence electrons. The van der Waals surface area contributed by atoms with Crippen LogP contribution < -0.4 is 5.32 Å². The highest BCUT2D eigenvalue weighted by Crippen LogP contribution is 2.44. The molecule has 2 N–H and O–H groups in total. The van der Waals surface area contributed by atoms with Crippen LogP contribution in [0.2, 0.25) is 0 Å². The predicted molar refractivity (Wildman–Crippen MR) is 126 cm³/mol. The summed E-state index contributed by atoms with van der Waals surface area (Å²) in [4.78, 5) is 37.9. The first kappa shape index (κ1) is 23.6. The number of carboxylic acid groups (broad SMARTS) is 1. The van der Waals surface area contributed by atoms with Crippen molar-refractivity contribution in [3.63, 3.8) is 0 Å². The molecule has 0 aromatic heterocycles. The molecule has 0 radical (unpaired) electrons. The topological polar surface area (TPSA) is 105 Å². The number of hydrogen-bond donors (Lipinski definition) is 2. The van der Waals surface area contributed by atoms with Crippen molar-refractivity contribution in [3.8, 4) is 11.1 Å². The molecule has 1 heterocycles. The summed E-state index contributed by atoms with van der Waals surface area (Å²) in [5.74, 6) is -1.41. The van der Waals surface area contributed by atoms with Crippen molar-refractivity contribution in [1.82, 2.24) is 10.2 Å². The summed E-state index contributed by atoms with van der Waals surface area (Å²) in [7, 11) is 0. The van der Waals surface area contributed by atoms with Gasteiger partial charge in [-0.3, -0.25) is 4.90 Å². The smallest absolute Gasteiger partial charge is 0.410 e. The van der Waals surface area contributed by atoms with Gasteiger partial charge >= 0.3 is 18.2 Å². The second-order valence-electron chi connectivity index (χ2n) is 9.79. The lowest BCUT2D eigenvalue weighted by Gasteiger charge is -2.23. The summed E-state index contributed by atoms with van der Waals surface area (Å²) in [6.45, 7) is 5.82. The summed E-state index contributed by atoms with van der Waals surface area (Å²) < 4.78 is 10.9. The third kappa shape index (κ3) is 5.00. The Morgan fingerprint density at radius 2 is 1.62 bits per heavy atom. The SMILES string of the molecule is CC(C)(C)OC(=O)NC[C@H]1C[C@@H](C(=O)O)N(C(=O)OCC2c3ccccc3-c3ccccc32)C1. The van der Waals surface area contributed by atoms with E-state index in [1.54, 1.807) is 20.8 Å². The highest BCUT2D eigenvalue weighted by molar-refractivity contribution is 5.81. The molecule has 0 saturated carbocycles. The lowest BCUT2D eigenvalue weighted by atomic mass is 9.98. The molecule has 34 heavy (non-hydrogen) atoms. The zero-order chi connectivity index (χ0) is 24.5. The van der Waals surface area contributed by atoms with Gasteiger partial charge in [-0.25, -0.2) is 14.4 Å². The molecular weight excluding hydrogens is 436 g/mol. The third-order valence-electron chi connectivity index (χ3n) is 6.18. The number of hydrogen-bond acceptors (Lipinski definition) is 5. The Hall–Kier alpha value is -3.55. The van der Waals surface area contributed by atoms with E-state index in [-0.39, 0.29) is 38.0 Å². The van der Waals surface area contributed by atoms with E-state index in [1.165, 1.54) is 4.90 Å². The van der Waals surface area contributed by atoms with Crippen LogP contribution in [-0.2, 0) is 14.3 Å². The maximum atomic E-state index is 12.9. The van der Waals surface area contributed by atoms with Crippen LogP contribution in [0, 0.1) is 5.92 Å². The Morgan fingerprint density at radius 1 is 1.03 bits per heavy atom. The number of carbonyl (C=O) groups is 3. The number of fused-ring (bicyclic) bond motifs is 3. The van der Waals surface area contributed by atoms with Crippen LogP contribution in [0.25, 0.3) is 11.1 Å². The molecule has 2 amide bonds. The van der Waals surface area contributed by atoms with Crippen LogP contribution in [0.1, 0.15) is 44.2 Å². The van der Waals surface area contributed by atoms with Crippen molar-refractivity contribution in [1.29, 1.82) is 0 Å². The average molecular weight is 467 g/mol. The molecule has 2 aromatic carbocycles. The van der Waals surface area contributed by atoms with Gasteiger partial charge in [0.1, 0.15) is 18.2 Å². The quantitative estimate of drug-likeness (QED) is 0.683. The van der Waals surface area contributed by atoms with E-state index in [2.05, 4.69) is 17.4 Å². The first-order valence-corrected chi connectivity index (χ1v) is 11.5. The summed E-state index contributed by atoms with van der Waals surface area (Å²) in [6.07, 6.45) is -0.997. The molecule has 0 bridgehead atoms. The Bertz CT molecular complexity index is 1050. The van der Waals surface area contributed by atoms with Gasteiger partial charge in [-0.2, -0.15) is 0 Å². The summed E-state index contributed by atoms with van der Waals surface area (Å²) in [6, 6.07) is 15.1. The molecule has 8 nitrogen and oxygen atoms in total. The second-order valence-corrected chi connectivity index (χ2v) is 9.79. The zero-order valence-corrected chi connectivity index (χ0v) is 19.6. The lowest BCUT2D eigenvalue weighted by Crippen LogP contribution is -2.41. The van der Waals surface area contributed by atoms with Gasteiger partial charge in [0, 0.05) is 19.0 Å². The molecule has 2 aromatic rings. The van der Waals surface area contributed by atoms with E-state index >= 15 is 0 Å². The number of ether oxygens (including phenoxy) is 2. The van der Waals surface area contributed by atoms with E-state index < -0.39 is 29.8 Å². The normalized spacial score (nSPS) is 19.3. The Balaban J connectivity index is 1.39. The van der Waals surface area contributed by atoms with E-state index in [4.69, 9.17) is 9.47 Å². The van der Waals surface area contributed by atoms with Crippen molar-refractivity contribution in [3.05, 3.63) is 59.7 Å². The number of carbonyl (C=O) groups excluding carboxylic acids is 2. The first-order valence-electron chi connectivity index (χ1n) is 11.5. The van der Waals surface area contributed by atoms with Gasteiger partial charge in [0.2, 0.25) is 0 Å². The molecular formula is C26H30N2O6. The van der Waals surface area contributed by atoms with Gasteiger partial charge in [0.05, 0.1) is 0 Å². The van der Waals surface area contributed by atoms with Crippen LogP contribution in [0.5, 0.6) is 0 Å². The second kappa shape index (κ2) is 9.37. The van der Waals surface area contributed by atoms with E-state index in [0.29, 0.717) is 0 Å². The monoisotopic (exact) mass is 466 g/mol. The molecule has 1 fully saturated rings. The van der Waals surface area contributed by atoms with Gasteiger partial charge in [0.25, 0.3) is 0 Å². The fourth-order valence-electron chi connectivity index (χ4n) is 4.73. The molecule has 2 aliphatic rings. The number of nitrogens with zero attached hydrogens (tertiary/aromatic N) is 1. The minimum Gasteiger partial charge on any atom is -0.480 e. The minimum absolute atomic E-state index is 0.105. The maximum Gasteiger partial charge on any atom is 0.410 e. The number of nitrogens with one attached hydrogen (secondary N) is 1. The lowest BCUT2D eigenvalue weighted by molar-refractivity contribution is -0.141. The molecule has 1 saturated heterocycles. The minimum atomic E-state index is -1.09. The first-order chi connectivity index (χ1) is 16.1. The van der Waals surface area contributed by atoms with Crippen LogP contribution in [0.15, 0.2) is 48.5 Å².